The monoisotopic (exact) mass is 196 g/mol. The van der Waals surface area contributed by atoms with Crippen LogP contribution in [-0.4, -0.2) is 36.0 Å². The van der Waals surface area contributed by atoms with E-state index in [1.54, 1.807) is 4.90 Å². The molecule has 4 heteroatoms. The van der Waals surface area contributed by atoms with Crippen LogP contribution < -0.4 is 0 Å². The highest BCUT2D eigenvalue weighted by atomic mass is 16.2. The molecule has 0 aromatic rings. The van der Waals surface area contributed by atoms with E-state index in [4.69, 9.17) is 0 Å². The van der Waals surface area contributed by atoms with Crippen molar-refractivity contribution in [2.45, 2.75) is 32.7 Å². The Morgan fingerprint density at radius 2 is 2.36 bits per heavy atom. The van der Waals surface area contributed by atoms with Gasteiger partial charge < -0.3 is 4.90 Å². The first-order valence-electron chi connectivity index (χ1n) is 4.98. The number of amides is 1. The molecule has 0 aromatic carbocycles. The summed E-state index contributed by atoms with van der Waals surface area (Å²) in [6.07, 6.45) is 2.88. The van der Waals surface area contributed by atoms with Gasteiger partial charge in [0.05, 0.1) is 12.5 Å². The van der Waals surface area contributed by atoms with Gasteiger partial charge in [0.25, 0.3) is 0 Å². The minimum atomic E-state index is -0.160. The lowest BCUT2D eigenvalue weighted by molar-refractivity contribution is -0.127. The number of rotatable bonds is 4. The molecule has 1 aliphatic rings. The van der Waals surface area contributed by atoms with Crippen molar-refractivity contribution in [1.29, 1.82) is 0 Å². The van der Waals surface area contributed by atoms with Crippen LogP contribution in [0.15, 0.2) is 4.99 Å². The number of nitrogens with zero attached hydrogens (tertiary/aromatic N) is 2. The van der Waals surface area contributed by atoms with E-state index in [2.05, 4.69) is 18.8 Å². The fraction of sp³-hybridized carbons (Fsp3) is 0.800. The fourth-order valence-corrected chi connectivity index (χ4v) is 1.54. The third-order valence-corrected chi connectivity index (χ3v) is 2.41. The van der Waals surface area contributed by atoms with Crippen LogP contribution in [-0.2, 0) is 9.59 Å². The van der Waals surface area contributed by atoms with Crippen LogP contribution in [0.2, 0.25) is 0 Å². The predicted octanol–water partition coefficient (Wildman–Crippen LogP) is 0.969. The molecule has 4 nitrogen and oxygen atoms in total. The summed E-state index contributed by atoms with van der Waals surface area (Å²) in [5.41, 5.74) is 0. The molecule has 0 bridgehead atoms. The molecule has 1 heterocycles. The summed E-state index contributed by atoms with van der Waals surface area (Å²) in [5, 5.41) is 0. The molecule has 14 heavy (non-hydrogen) atoms. The second kappa shape index (κ2) is 4.91. The highest BCUT2D eigenvalue weighted by Gasteiger charge is 2.28. The first kappa shape index (κ1) is 10.9. The van der Waals surface area contributed by atoms with E-state index in [9.17, 15) is 9.59 Å². The molecule has 78 valence electrons. The van der Waals surface area contributed by atoms with Gasteiger partial charge in [0, 0.05) is 13.1 Å². The lowest BCUT2D eigenvalue weighted by Gasteiger charge is -2.16. The normalized spacial score (nSPS) is 21.5. The van der Waals surface area contributed by atoms with Crippen molar-refractivity contribution >= 4 is 12.0 Å². The van der Waals surface area contributed by atoms with Crippen molar-refractivity contribution in [1.82, 2.24) is 4.90 Å². The highest BCUT2D eigenvalue weighted by Crippen LogP contribution is 2.15. The second-order valence-electron chi connectivity index (χ2n) is 4.10. The van der Waals surface area contributed by atoms with Crippen LogP contribution >= 0.6 is 0 Å². The molecule has 0 spiro atoms. The maximum Gasteiger partial charge on any atom is 0.235 e. The van der Waals surface area contributed by atoms with Gasteiger partial charge in [-0.15, -0.1) is 0 Å². The van der Waals surface area contributed by atoms with Crippen LogP contribution in [0.3, 0.4) is 0 Å². The Kier molecular flexibility index (Phi) is 3.84. The summed E-state index contributed by atoms with van der Waals surface area (Å²) in [6, 6.07) is -0.160. The number of carbonyl (C=O) groups is 1. The lowest BCUT2D eigenvalue weighted by atomic mass is 10.1. The Morgan fingerprint density at radius 1 is 1.64 bits per heavy atom. The largest absolute Gasteiger partial charge is 0.340 e. The van der Waals surface area contributed by atoms with Crippen LogP contribution in [0.5, 0.6) is 0 Å². The second-order valence-corrected chi connectivity index (χ2v) is 4.10. The smallest absolute Gasteiger partial charge is 0.235 e. The van der Waals surface area contributed by atoms with E-state index >= 15 is 0 Å². The van der Waals surface area contributed by atoms with E-state index in [1.165, 1.54) is 6.08 Å². The SMILES string of the molecule is CC(C)CCN1CC(N=C=O)CC1=O. The minimum absolute atomic E-state index is 0.106. The summed E-state index contributed by atoms with van der Waals surface area (Å²) < 4.78 is 0. The summed E-state index contributed by atoms with van der Waals surface area (Å²) in [7, 11) is 0. The summed E-state index contributed by atoms with van der Waals surface area (Å²) in [4.78, 5) is 26.8. The van der Waals surface area contributed by atoms with Gasteiger partial charge in [-0.3, -0.25) is 4.79 Å². The van der Waals surface area contributed by atoms with Crippen molar-refractivity contribution in [2.24, 2.45) is 10.9 Å². The Morgan fingerprint density at radius 3 is 2.93 bits per heavy atom. The zero-order chi connectivity index (χ0) is 10.6. The van der Waals surface area contributed by atoms with E-state index in [-0.39, 0.29) is 11.9 Å². The van der Waals surface area contributed by atoms with Crippen molar-refractivity contribution in [3.8, 4) is 0 Å². The zero-order valence-corrected chi connectivity index (χ0v) is 8.69. The molecular formula is C10H16N2O2. The fourth-order valence-electron chi connectivity index (χ4n) is 1.54. The van der Waals surface area contributed by atoms with Gasteiger partial charge in [-0.25, -0.2) is 9.79 Å². The molecule has 1 unspecified atom stereocenters. The highest BCUT2D eigenvalue weighted by molar-refractivity contribution is 5.79. The minimum Gasteiger partial charge on any atom is -0.340 e. The summed E-state index contributed by atoms with van der Waals surface area (Å²) in [5.74, 6) is 0.700. The maximum atomic E-state index is 11.4. The topological polar surface area (TPSA) is 49.7 Å². The third kappa shape index (κ3) is 2.96. The quantitative estimate of drug-likeness (QED) is 0.497. The Labute approximate surface area is 84.0 Å². The number of likely N-dealkylation sites (tertiary alicyclic amines) is 1. The van der Waals surface area contributed by atoms with E-state index in [0.717, 1.165) is 13.0 Å². The molecular weight excluding hydrogens is 180 g/mol. The van der Waals surface area contributed by atoms with Gasteiger partial charge in [-0.2, -0.15) is 0 Å². The van der Waals surface area contributed by atoms with Crippen molar-refractivity contribution < 1.29 is 9.59 Å². The van der Waals surface area contributed by atoms with Crippen LogP contribution in [0.4, 0.5) is 0 Å². The lowest BCUT2D eigenvalue weighted by Crippen LogP contribution is -2.27. The number of hydrogen-bond acceptors (Lipinski definition) is 3. The number of carbonyl (C=O) groups excluding carboxylic acids is 2. The molecule has 1 amide bonds. The summed E-state index contributed by atoms with van der Waals surface area (Å²) in [6.45, 7) is 5.62. The van der Waals surface area contributed by atoms with Crippen molar-refractivity contribution in [3.63, 3.8) is 0 Å². The zero-order valence-electron chi connectivity index (χ0n) is 8.69. The molecule has 0 radical (unpaired) electrons. The van der Waals surface area contributed by atoms with Gasteiger partial charge in [-0.1, -0.05) is 13.8 Å². The number of aliphatic imine (C=N–C) groups is 1. The van der Waals surface area contributed by atoms with Crippen molar-refractivity contribution in [2.75, 3.05) is 13.1 Å². The molecule has 0 aliphatic carbocycles. The maximum absolute atomic E-state index is 11.4. The number of isocyanates is 1. The molecule has 1 atom stereocenters. The van der Waals surface area contributed by atoms with Gasteiger partial charge in [0.2, 0.25) is 12.0 Å². The van der Waals surface area contributed by atoms with E-state index in [1.807, 2.05) is 0 Å². The average Bonchev–Trinajstić information content (AvgIpc) is 2.44. The summed E-state index contributed by atoms with van der Waals surface area (Å²) >= 11 is 0. The van der Waals surface area contributed by atoms with Crippen LogP contribution in [0.1, 0.15) is 26.7 Å². The third-order valence-electron chi connectivity index (χ3n) is 2.41. The van der Waals surface area contributed by atoms with Crippen LogP contribution in [0, 0.1) is 5.92 Å². The number of hydrogen-bond donors (Lipinski definition) is 0. The molecule has 1 fully saturated rings. The molecule has 0 saturated carbocycles. The van der Waals surface area contributed by atoms with Crippen molar-refractivity contribution in [3.05, 3.63) is 0 Å². The molecule has 1 aliphatic heterocycles. The van der Waals surface area contributed by atoms with E-state index < -0.39 is 0 Å². The van der Waals surface area contributed by atoms with Crippen LogP contribution in [0.25, 0.3) is 0 Å². The Hall–Kier alpha value is -1.15. The van der Waals surface area contributed by atoms with Gasteiger partial charge in [0.1, 0.15) is 0 Å². The molecule has 1 saturated heterocycles. The van der Waals surface area contributed by atoms with E-state index in [0.29, 0.717) is 18.9 Å². The molecule has 0 aromatic heterocycles. The Balaban J connectivity index is 2.40. The average molecular weight is 196 g/mol. The standard InChI is InChI=1S/C10H16N2O2/c1-8(2)3-4-12-6-9(11-7-13)5-10(12)14/h8-9H,3-6H2,1-2H3. The van der Waals surface area contributed by atoms with Gasteiger partial charge in [0.15, 0.2) is 0 Å². The first-order valence-corrected chi connectivity index (χ1v) is 4.98. The van der Waals surface area contributed by atoms with Gasteiger partial charge >= 0.3 is 0 Å². The first-order chi connectivity index (χ1) is 6.63. The Bertz CT molecular complexity index is 257. The predicted molar refractivity (Wildman–Crippen MR) is 52.6 cm³/mol. The molecule has 0 N–H and O–H groups in total. The van der Waals surface area contributed by atoms with Gasteiger partial charge in [-0.05, 0) is 12.3 Å². The molecule has 1 rings (SSSR count).